The summed E-state index contributed by atoms with van der Waals surface area (Å²) in [5, 5.41) is 11.1. The van der Waals surface area contributed by atoms with Crippen LogP contribution in [-0.4, -0.2) is 14.5 Å². The molecule has 0 amide bonds. The van der Waals surface area contributed by atoms with Crippen LogP contribution in [0.15, 0.2) is 33.7 Å². The van der Waals surface area contributed by atoms with E-state index in [4.69, 9.17) is 11.6 Å². The summed E-state index contributed by atoms with van der Waals surface area (Å²) in [4.78, 5) is 26.4. The molecule has 6 nitrogen and oxygen atoms in total. The van der Waals surface area contributed by atoms with Crippen LogP contribution in [0.25, 0.3) is 0 Å². The summed E-state index contributed by atoms with van der Waals surface area (Å²) in [5.41, 5.74) is 0.157. The molecule has 0 aliphatic carbocycles. The first kappa shape index (κ1) is 14.7. The van der Waals surface area contributed by atoms with E-state index in [0.717, 1.165) is 0 Å². The summed E-state index contributed by atoms with van der Waals surface area (Å²) in [5.74, 6) is 0.501. The highest BCUT2D eigenvalue weighted by Crippen LogP contribution is 2.22. The van der Waals surface area contributed by atoms with E-state index in [0.29, 0.717) is 20.9 Å². The van der Waals surface area contributed by atoms with Crippen LogP contribution in [0.4, 0.5) is 5.69 Å². The van der Waals surface area contributed by atoms with Crippen LogP contribution in [-0.2, 0) is 6.54 Å². The van der Waals surface area contributed by atoms with E-state index in [-0.39, 0.29) is 17.8 Å². The second-order valence-corrected chi connectivity index (χ2v) is 5.34. The largest absolute Gasteiger partial charge is 0.291 e. The summed E-state index contributed by atoms with van der Waals surface area (Å²) in [6.07, 6.45) is 1.42. The summed E-state index contributed by atoms with van der Waals surface area (Å²) in [6, 6.07) is 4.12. The maximum atomic E-state index is 12.0. The average molecular weight is 359 g/mol. The number of nitro benzene ring substituents is 1. The van der Waals surface area contributed by atoms with Gasteiger partial charge < -0.3 is 0 Å². The van der Waals surface area contributed by atoms with Crippen LogP contribution < -0.4 is 5.56 Å². The number of nitro groups is 1. The Bertz CT molecular complexity index is 745. The molecule has 0 radical (unpaired) electrons. The van der Waals surface area contributed by atoms with Crippen LogP contribution in [0.3, 0.4) is 0 Å². The van der Waals surface area contributed by atoms with Gasteiger partial charge in [0.25, 0.3) is 11.2 Å². The lowest BCUT2D eigenvalue weighted by Gasteiger charge is -2.10. The number of nitrogens with zero attached hydrogens (tertiary/aromatic N) is 3. The van der Waals surface area contributed by atoms with Crippen molar-refractivity contribution in [1.29, 1.82) is 0 Å². The minimum atomic E-state index is -0.505. The van der Waals surface area contributed by atoms with Crippen molar-refractivity contribution >= 4 is 33.2 Å². The molecule has 8 heteroatoms. The Morgan fingerprint density at radius 2 is 2.20 bits per heavy atom. The highest BCUT2D eigenvalue weighted by Gasteiger charge is 2.12. The van der Waals surface area contributed by atoms with Crippen LogP contribution >= 0.6 is 27.5 Å². The topological polar surface area (TPSA) is 78.0 Å². The zero-order chi connectivity index (χ0) is 14.9. The van der Waals surface area contributed by atoms with Crippen LogP contribution in [0.1, 0.15) is 11.4 Å². The molecule has 0 N–H and O–H groups in total. The smallest absolute Gasteiger partial charge is 0.269 e. The van der Waals surface area contributed by atoms with Gasteiger partial charge in [0, 0.05) is 23.4 Å². The Morgan fingerprint density at radius 1 is 1.50 bits per heavy atom. The van der Waals surface area contributed by atoms with Gasteiger partial charge in [-0.05, 0) is 34.5 Å². The SMILES string of the molecule is Cc1ncc(Br)c(=O)n1Cc1cc([N+](=O)[O-])ccc1Cl. The molecule has 104 valence electrons. The van der Waals surface area contributed by atoms with Crippen molar-refractivity contribution in [2.24, 2.45) is 0 Å². The first-order chi connectivity index (χ1) is 9.40. The number of aromatic nitrogens is 2. The fourth-order valence-corrected chi connectivity index (χ4v) is 2.20. The number of non-ortho nitro benzene ring substituents is 1. The monoisotopic (exact) mass is 357 g/mol. The van der Waals surface area contributed by atoms with Gasteiger partial charge in [-0.1, -0.05) is 11.6 Å². The van der Waals surface area contributed by atoms with Crippen molar-refractivity contribution in [1.82, 2.24) is 9.55 Å². The highest BCUT2D eigenvalue weighted by molar-refractivity contribution is 9.10. The van der Waals surface area contributed by atoms with Gasteiger partial charge in [0.05, 0.1) is 11.5 Å². The summed E-state index contributed by atoms with van der Waals surface area (Å²) in [6.45, 7) is 1.80. The summed E-state index contributed by atoms with van der Waals surface area (Å²) in [7, 11) is 0. The molecular formula is C12H9BrClN3O3. The third-order valence-corrected chi connectivity index (χ3v) is 3.69. The molecule has 0 bridgehead atoms. The molecule has 2 aromatic rings. The molecule has 1 aromatic carbocycles. The first-order valence-corrected chi connectivity index (χ1v) is 6.72. The van der Waals surface area contributed by atoms with Gasteiger partial charge >= 0.3 is 0 Å². The molecule has 0 spiro atoms. The summed E-state index contributed by atoms with van der Waals surface area (Å²) < 4.78 is 1.72. The van der Waals surface area contributed by atoms with Crippen molar-refractivity contribution in [3.05, 3.63) is 65.7 Å². The maximum Gasteiger partial charge on any atom is 0.269 e. The van der Waals surface area contributed by atoms with Gasteiger partial charge in [-0.2, -0.15) is 0 Å². The molecule has 20 heavy (non-hydrogen) atoms. The number of hydrogen-bond donors (Lipinski definition) is 0. The number of halogens is 2. The Balaban J connectivity index is 2.50. The second-order valence-electron chi connectivity index (χ2n) is 4.08. The quantitative estimate of drug-likeness (QED) is 0.624. The molecule has 2 rings (SSSR count). The Kier molecular flexibility index (Phi) is 4.20. The predicted molar refractivity (Wildman–Crippen MR) is 78.1 cm³/mol. The van der Waals surface area contributed by atoms with Crippen molar-refractivity contribution in [3.8, 4) is 0 Å². The molecule has 0 aliphatic heterocycles. The third-order valence-electron chi connectivity index (χ3n) is 2.77. The van der Waals surface area contributed by atoms with Crippen molar-refractivity contribution in [3.63, 3.8) is 0 Å². The van der Waals surface area contributed by atoms with E-state index in [1.807, 2.05) is 0 Å². The Labute approximate surface area is 127 Å². The van der Waals surface area contributed by atoms with Crippen LogP contribution in [0.2, 0.25) is 5.02 Å². The number of aryl methyl sites for hydroxylation is 1. The van der Waals surface area contributed by atoms with Gasteiger partial charge in [0.1, 0.15) is 10.3 Å². The van der Waals surface area contributed by atoms with Crippen molar-refractivity contribution in [2.45, 2.75) is 13.5 Å². The van der Waals surface area contributed by atoms with E-state index in [1.165, 1.54) is 29.0 Å². The average Bonchev–Trinajstić information content (AvgIpc) is 2.41. The predicted octanol–water partition coefficient (Wildman–Crippen LogP) is 2.92. The third kappa shape index (κ3) is 2.88. The molecule has 0 saturated heterocycles. The Morgan fingerprint density at radius 3 is 2.85 bits per heavy atom. The van der Waals surface area contributed by atoms with E-state index >= 15 is 0 Å². The molecule has 1 heterocycles. The highest BCUT2D eigenvalue weighted by atomic mass is 79.9. The minimum absolute atomic E-state index is 0.0712. The van der Waals surface area contributed by atoms with E-state index in [1.54, 1.807) is 6.92 Å². The van der Waals surface area contributed by atoms with Crippen LogP contribution in [0.5, 0.6) is 0 Å². The first-order valence-electron chi connectivity index (χ1n) is 5.55. The molecular weight excluding hydrogens is 350 g/mol. The molecule has 1 aromatic heterocycles. The summed E-state index contributed by atoms with van der Waals surface area (Å²) >= 11 is 9.14. The van der Waals surface area contributed by atoms with E-state index < -0.39 is 4.92 Å². The lowest BCUT2D eigenvalue weighted by atomic mass is 10.2. The fourth-order valence-electron chi connectivity index (χ4n) is 1.70. The zero-order valence-corrected chi connectivity index (χ0v) is 12.7. The van der Waals surface area contributed by atoms with Crippen LogP contribution in [0, 0.1) is 17.0 Å². The van der Waals surface area contributed by atoms with Gasteiger partial charge in [0.15, 0.2) is 0 Å². The van der Waals surface area contributed by atoms with Gasteiger partial charge in [-0.25, -0.2) is 4.98 Å². The number of rotatable bonds is 3. The number of benzene rings is 1. The van der Waals surface area contributed by atoms with Crippen molar-refractivity contribution in [2.75, 3.05) is 0 Å². The van der Waals surface area contributed by atoms with E-state index in [9.17, 15) is 14.9 Å². The van der Waals surface area contributed by atoms with Gasteiger partial charge in [-0.3, -0.25) is 19.5 Å². The molecule has 0 aliphatic rings. The molecule has 0 saturated carbocycles. The van der Waals surface area contributed by atoms with E-state index in [2.05, 4.69) is 20.9 Å². The second kappa shape index (κ2) is 5.72. The van der Waals surface area contributed by atoms with Gasteiger partial charge in [-0.15, -0.1) is 0 Å². The van der Waals surface area contributed by atoms with Gasteiger partial charge in [0.2, 0.25) is 0 Å². The molecule has 0 unspecified atom stereocenters. The normalized spacial score (nSPS) is 10.6. The molecule has 0 atom stereocenters. The zero-order valence-electron chi connectivity index (χ0n) is 10.3. The standard InChI is InChI=1S/C12H9BrClN3O3/c1-7-15-5-10(13)12(18)16(7)6-8-4-9(17(19)20)2-3-11(8)14/h2-5H,6H2,1H3. The lowest BCUT2D eigenvalue weighted by molar-refractivity contribution is -0.384. The number of hydrogen-bond acceptors (Lipinski definition) is 4. The van der Waals surface area contributed by atoms with Crippen molar-refractivity contribution < 1.29 is 4.92 Å². The fraction of sp³-hybridized carbons (Fsp3) is 0.167. The molecule has 0 fully saturated rings. The lowest BCUT2D eigenvalue weighted by Crippen LogP contribution is -2.24. The minimum Gasteiger partial charge on any atom is -0.291 e. The Hall–Kier alpha value is -1.73. The maximum absolute atomic E-state index is 12.0.